The summed E-state index contributed by atoms with van der Waals surface area (Å²) in [4.78, 5) is 12.8. The highest BCUT2D eigenvalue weighted by Gasteiger charge is 2.27. The molecule has 0 bridgehead atoms. The van der Waals surface area contributed by atoms with Gasteiger partial charge in [0.2, 0.25) is 5.91 Å². The Morgan fingerprint density at radius 1 is 1.50 bits per heavy atom. The molecule has 0 radical (unpaired) electrons. The fraction of sp³-hybridized carbons (Fsp3) is 0.875. The van der Waals surface area contributed by atoms with Gasteiger partial charge in [-0.2, -0.15) is 0 Å². The number of likely N-dealkylation sites (tertiary alicyclic amines) is 1. The van der Waals surface area contributed by atoms with Crippen molar-refractivity contribution in [2.24, 2.45) is 5.41 Å². The number of nitrogens with zero attached hydrogens (tertiary/aromatic N) is 1. The maximum atomic E-state index is 10.8. The summed E-state index contributed by atoms with van der Waals surface area (Å²) in [6.07, 6.45) is 0.760. The highest BCUT2D eigenvalue weighted by molar-refractivity contribution is 5.81. The Labute approximate surface area is 62.2 Å². The molecular weight excluding hydrogens is 126 g/mol. The van der Waals surface area contributed by atoms with Crippen molar-refractivity contribution < 1.29 is 4.79 Å². The molecule has 2 nitrogen and oxygen atoms in total. The Hall–Kier alpha value is -0.530. The molecule has 1 heterocycles. The van der Waals surface area contributed by atoms with Crippen molar-refractivity contribution in [3.05, 3.63) is 0 Å². The third kappa shape index (κ3) is 1.72. The lowest BCUT2D eigenvalue weighted by molar-refractivity contribution is -0.141. The monoisotopic (exact) mass is 141 g/mol. The van der Waals surface area contributed by atoms with Crippen molar-refractivity contribution in [3.63, 3.8) is 0 Å². The molecule has 0 aliphatic carbocycles. The molecule has 1 fully saturated rings. The van der Waals surface area contributed by atoms with Gasteiger partial charge in [0.25, 0.3) is 0 Å². The molecule has 1 amide bonds. The van der Waals surface area contributed by atoms with E-state index >= 15 is 0 Å². The van der Waals surface area contributed by atoms with E-state index in [1.165, 1.54) is 0 Å². The van der Waals surface area contributed by atoms with Crippen molar-refractivity contribution >= 4 is 5.91 Å². The van der Waals surface area contributed by atoms with Gasteiger partial charge in [-0.25, -0.2) is 0 Å². The predicted octanol–water partition coefficient (Wildman–Crippen LogP) is 1.26. The highest BCUT2D eigenvalue weighted by Crippen LogP contribution is 2.19. The Morgan fingerprint density at radius 3 is 2.20 bits per heavy atom. The second kappa shape index (κ2) is 2.26. The second-order valence-electron chi connectivity index (χ2n) is 4.13. The van der Waals surface area contributed by atoms with Crippen LogP contribution in [-0.4, -0.2) is 23.9 Å². The molecular formula is C8H15NO. The topological polar surface area (TPSA) is 20.3 Å². The maximum absolute atomic E-state index is 10.8. The van der Waals surface area contributed by atoms with Gasteiger partial charge in [-0.05, 0) is 5.41 Å². The molecule has 0 aromatic heterocycles. The molecule has 0 N–H and O–H groups in total. The zero-order valence-electron chi connectivity index (χ0n) is 6.98. The summed E-state index contributed by atoms with van der Waals surface area (Å²) in [5.41, 5.74) is 0.260. The van der Waals surface area contributed by atoms with Gasteiger partial charge in [0.1, 0.15) is 0 Å². The van der Waals surface area contributed by atoms with Crippen LogP contribution < -0.4 is 0 Å². The Bertz CT molecular complexity index is 146. The van der Waals surface area contributed by atoms with Gasteiger partial charge in [0, 0.05) is 19.5 Å². The lowest BCUT2D eigenvalue weighted by Gasteiger charge is -2.36. The SMILES string of the molecule is CC(C)(C)CN1CCC1=O. The van der Waals surface area contributed by atoms with E-state index in [0.717, 1.165) is 19.5 Å². The fourth-order valence-electron chi connectivity index (χ4n) is 1.10. The van der Waals surface area contributed by atoms with Crippen LogP contribution in [0.2, 0.25) is 0 Å². The van der Waals surface area contributed by atoms with E-state index in [0.29, 0.717) is 5.91 Å². The van der Waals surface area contributed by atoms with E-state index in [4.69, 9.17) is 0 Å². The molecule has 10 heavy (non-hydrogen) atoms. The van der Waals surface area contributed by atoms with E-state index in [9.17, 15) is 4.79 Å². The van der Waals surface area contributed by atoms with Gasteiger partial charge in [0.05, 0.1) is 0 Å². The molecule has 1 saturated heterocycles. The number of carbonyl (C=O) groups excluding carboxylic acids is 1. The van der Waals surface area contributed by atoms with Crippen LogP contribution in [0.15, 0.2) is 0 Å². The standard InChI is InChI=1S/C8H15NO/c1-8(2,3)6-9-5-4-7(9)10/h4-6H2,1-3H3. The molecule has 58 valence electrons. The smallest absolute Gasteiger partial charge is 0.224 e. The first-order valence-corrected chi connectivity index (χ1v) is 3.77. The first kappa shape index (κ1) is 7.58. The number of carbonyl (C=O) groups is 1. The minimum Gasteiger partial charge on any atom is -0.342 e. The van der Waals surface area contributed by atoms with Crippen molar-refractivity contribution in [1.82, 2.24) is 4.90 Å². The van der Waals surface area contributed by atoms with Crippen LogP contribution in [0.5, 0.6) is 0 Å². The summed E-state index contributed by atoms with van der Waals surface area (Å²) >= 11 is 0. The maximum Gasteiger partial charge on any atom is 0.224 e. The predicted molar refractivity (Wildman–Crippen MR) is 40.7 cm³/mol. The molecule has 1 aliphatic heterocycles. The van der Waals surface area contributed by atoms with Crippen molar-refractivity contribution in [1.29, 1.82) is 0 Å². The number of β-lactam (4-membered cyclic amide) rings is 1. The normalized spacial score (nSPS) is 19.1. The summed E-state index contributed by atoms with van der Waals surface area (Å²) in [5, 5.41) is 0. The first-order valence-electron chi connectivity index (χ1n) is 3.77. The van der Waals surface area contributed by atoms with E-state index < -0.39 is 0 Å². The number of hydrogen-bond donors (Lipinski definition) is 0. The van der Waals surface area contributed by atoms with Crippen LogP contribution in [0, 0.1) is 5.41 Å². The molecule has 0 atom stereocenters. The average molecular weight is 141 g/mol. The number of amides is 1. The largest absolute Gasteiger partial charge is 0.342 e. The quantitative estimate of drug-likeness (QED) is 0.503. The fourth-order valence-corrected chi connectivity index (χ4v) is 1.10. The van der Waals surface area contributed by atoms with Gasteiger partial charge in [0.15, 0.2) is 0 Å². The Balaban J connectivity index is 2.32. The van der Waals surface area contributed by atoms with Gasteiger partial charge in [-0.1, -0.05) is 20.8 Å². The van der Waals surface area contributed by atoms with E-state index in [2.05, 4.69) is 20.8 Å². The van der Waals surface area contributed by atoms with Crippen LogP contribution in [0.3, 0.4) is 0 Å². The molecule has 0 unspecified atom stereocenters. The summed E-state index contributed by atoms with van der Waals surface area (Å²) in [5.74, 6) is 0.315. The van der Waals surface area contributed by atoms with Crippen LogP contribution in [0.4, 0.5) is 0 Å². The minimum atomic E-state index is 0.260. The summed E-state index contributed by atoms with van der Waals surface area (Å²) < 4.78 is 0. The van der Waals surface area contributed by atoms with E-state index in [-0.39, 0.29) is 5.41 Å². The molecule has 0 aromatic carbocycles. The van der Waals surface area contributed by atoms with Crippen LogP contribution in [0.25, 0.3) is 0 Å². The van der Waals surface area contributed by atoms with Crippen molar-refractivity contribution in [2.75, 3.05) is 13.1 Å². The Morgan fingerprint density at radius 2 is 2.10 bits per heavy atom. The Kier molecular flexibility index (Phi) is 1.71. The van der Waals surface area contributed by atoms with Crippen LogP contribution in [0.1, 0.15) is 27.2 Å². The summed E-state index contributed by atoms with van der Waals surface area (Å²) in [6, 6.07) is 0. The van der Waals surface area contributed by atoms with Gasteiger partial charge in [-0.15, -0.1) is 0 Å². The van der Waals surface area contributed by atoms with Crippen LogP contribution in [-0.2, 0) is 4.79 Å². The molecule has 2 heteroatoms. The number of hydrogen-bond acceptors (Lipinski definition) is 1. The zero-order chi connectivity index (χ0) is 7.78. The van der Waals surface area contributed by atoms with Gasteiger partial charge < -0.3 is 4.90 Å². The van der Waals surface area contributed by atoms with Crippen molar-refractivity contribution in [3.8, 4) is 0 Å². The minimum absolute atomic E-state index is 0.260. The van der Waals surface area contributed by atoms with Crippen LogP contribution >= 0.6 is 0 Å². The van der Waals surface area contributed by atoms with E-state index in [1.54, 1.807) is 0 Å². The van der Waals surface area contributed by atoms with Crippen molar-refractivity contribution in [2.45, 2.75) is 27.2 Å². The summed E-state index contributed by atoms with van der Waals surface area (Å²) in [7, 11) is 0. The third-order valence-electron chi connectivity index (χ3n) is 1.61. The van der Waals surface area contributed by atoms with E-state index in [1.807, 2.05) is 4.90 Å². The number of rotatable bonds is 1. The molecule has 1 rings (SSSR count). The second-order valence-corrected chi connectivity index (χ2v) is 4.13. The lowest BCUT2D eigenvalue weighted by atomic mass is 9.94. The lowest BCUT2D eigenvalue weighted by Crippen LogP contribution is -2.47. The third-order valence-corrected chi connectivity index (χ3v) is 1.61. The first-order chi connectivity index (χ1) is 4.49. The van der Waals surface area contributed by atoms with Gasteiger partial charge >= 0.3 is 0 Å². The molecule has 0 spiro atoms. The van der Waals surface area contributed by atoms with Gasteiger partial charge in [-0.3, -0.25) is 4.79 Å². The molecule has 1 aliphatic rings. The molecule has 0 saturated carbocycles. The summed E-state index contributed by atoms with van der Waals surface area (Å²) in [6.45, 7) is 8.33. The average Bonchev–Trinajstić information content (AvgIpc) is 1.78. The zero-order valence-corrected chi connectivity index (χ0v) is 6.98. The highest BCUT2D eigenvalue weighted by atomic mass is 16.2. The molecule has 0 aromatic rings.